The van der Waals surface area contributed by atoms with Gasteiger partial charge in [-0.1, -0.05) is 18.2 Å². The first kappa shape index (κ1) is 20.5. The van der Waals surface area contributed by atoms with Crippen molar-refractivity contribution in [2.24, 2.45) is 0 Å². The van der Waals surface area contributed by atoms with Gasteiger partial charge < -0.3 is 14.1 Å². The zero-order chi connectivity index (χ0) is 21.0. The van der Waals surface area contributed by atoms with Crippen LogP contribution in [-0.2, 0) is 16.6 Å². The number of sulfonamides is 1. The number of nitrogens with one attached hydrogen (secondary N) is 1. The molecule has 0 bridgehead atoms. The fraction of sp³-hybridized carbons (Fsp3) is 0.190. The average molecular weight is 414 g/mol. The third-order valence-electron chi connectivity index (χ3n) is 4.28. The number of furan rings is 1. The lowest BCUT2D eigenvalue weighted by molar-refractivity contribution is 0.0774. The third-order valence-corrected chi connectivity index (χ3v) is 5.64. The predicted octanol–water partition coefficient (Wildman–Crippen LogP) is 3.67. The Kier molecular flexibility index (Phi) is 5.93. The van der Waals surface area contributed by atoms with E-state index in [1.165, 1.54) is 30.2 Å². The van der Waals surface area contributed by atoms with Crippen molar-refractivity contribution in [2.75, 3.05) is 18.9 Å². The molecule has 0 saturated heterocycles. The lowest BCUT2D eigenvalue weighted by Crippen LogP contribution is -2.26. The number of carbonyl (C=O) groups excluding carboxylic acids is 1. The van der Waals surface area contributed by atoms with Crippen molar-refractivity contribution in [2.45, 2.75) is 18.4 Å². The van der Waals surface area contributed by atoms with Crippen LogP contribution in [0.5, 0.6) is 5.75 Å². The summed E-state index contributed by atoms with van der Waals surface area (Å²) in [4.78, 5) is 14.2. The highest BCUT2D eigenvalue weighted by Crippen LogP contribution is 2.26. The molecular formula is C21H22N2O5S. The summed E-state index contributed by atoms with van der Waals surface area (Å²) in [5.41, 5.74) is 0.579. The van der Waals surface area contributed by atoms with Gasteiger partial charge in [0.05, 0.1) is 24.2 Å². The zero-order valence-electron chi connectivity index (χ0n) is 16.4. The Morgan fingerprint density at radius 3 is 2.55 bits per heavy atom. The molecule has 1 aromatic heterocycles. The Morgan fingerprint density at radius 1 is 1.10 bits per heavy atom. The van der Waals surface area contributed by atoms with Gasteiger partial charge in [0, 0.05) is 12.6 Å². The molecule has 8 heteroatoms. The van der Waals surface area contributed by atoms with Gasteiger partial charge in [-0.2, -0.15) is 0 Å². The van der Waals surface area contributed by atoms with E-state index in [2.05, 4.69) is 4.72 Å². The lowest BCUT2D eigenvalue weighted by atomic mass is 10.2. The third kappa shape index (κ3) is 4.78. The minimum absolute atomic E-state index is 0.0171. The van der Waals surface area contributed by atoms with Crippen LogP contribution in [0.4, 0.5) is 5.69 Å². The summed E-state index contributed by atoms with van der Waals surface area (Å²) in [6, 6.07) is 16.2. The van der Waals surface area contributed by atoms with Gasteiger partial charge in [0.15, 0.2) is 0 Å². The number of rotatable bonds is 7. The van der Waals surface area contributed by atoms with E-state index in [0.29, 0.717) is 17.2 Å². The summed E-state index contributed by atoms with van der Waals surface area (Å²) in [6.45, 7) is 2.11. The van der Waals surface area contributed by atoms with Gasteiger partial charge in [0.2, 0.25) is 0 Å². The zero-order valence-corrected chi connectivity index (χ0v) is 17.2. The number of para-hydroxylation sites is 2. The van der Waals surface area contributed by atoms with E-state index in [4.69, 9.17) is 9.15 Å². The number of amides is 1. The standard InChI is InChI=1S/C21H22N2O5S/c1-15-11-12-17(28-15)14-23(2)21(24)16-7-6-8-18(13-16)29(25,26)22-19-9-4-5-10-20(19)27-3/h4-13,22H,14H2,1-3H3. The van der Waals surface area contributed by atoms with Crippen molar-refractivity contribution < 1.29 is 22.4 Å². The summed E-state index contributed by atoms with van der Waals surface area (Å²) in [5, 5.41) is 0. The predicted molar refractivity (Wildman–Crippen MR) is 109 cm³/mol. The van der Waals surface area contributed by atoms with Crippen LogP contribution < -0.4 is 9.46 Å². The normalized spacial score (nSPS) is 11.1. The molecule has 0 atom stereocenters. The quantitative estimate of drug-likeness (QED) is 0.637. The largest absolute Gasteiger partial charge is 0.495 e. The highest BCUT2D eigenvalue weighted by atomic mass is 32.2. The van der Waals surface area contributed by atoms with E-state index >= 15 is 0 Å². The van der Waals surface area contributed by atoms with E-state index in [1.54, 1.807) is 43.4 Å². The lowest BCUT2D eigenvalue weighted by Gasteiger charge is -2.17. The van der Waals surface area contributed by atoms with E-state index in [0.717, 1.165) is 5.76 Å². The molecule has 0 aliphatic rings. The monoisotopic (exact) mass is 414 g/mol. The Morgan fingerprint density at radius 2 is 1.86 bits per heavy atom. The summed E-state index contributed by atoms with van der Waals surface area (Å²) in [7, 11) is -0.808. The molecule has 0 aliphatic heterocycles. The van der Waals surface area contributed by atoms with Crippen molar-refractivity contribution in [3.05, 3.63) is 77.7 Å². The van der Waals surface area contributed by atoms with Gasteiger partial charge in [-0.3, -0.25) is 9.52 Å². The average Bonchev–Trinajstić information content (AvgIpc) is 3.12. The number of carbonyl (C=O) groups is 1. The van der Waals surface area contributed by atoms with Gasteiger partial charge in [0.25, 0.3) is 15.9 Å². The minimum atomic E-state index is -3.90. The molecule has 0 fully saturated rings. The molecule has 1 N–H and O–H groups in total. The number of benzene rings is 2. The first-order chi connectivity index (χ1) is 13.8. The van der Waals surface area contributed by atoms with Gasteiger partial charge in [0.1, 0.15) is 17.3 Å². The Balaban J connectivity index is 1.81. The Hall–Kier alpha value is -3.26. The van der Waals surface area contributed by atoms with Crippen LogP contribution in [0.2, 0.25) is 0 Å². The van der Waals surface area contributed by atoms with Crippen molar-refractivity contribution in [3.8, 4) is 5.75 Å². The van der Waals surface area contributed by atoms with Crippen LogP contribution in [0.15, 0.2) is 70.0 Å². The van der Waals surface area contributed by atoms with Gasteiger partial charge in [-0.05, 0) is 49.4 Å². The highest BCUT2D eigenvalue weighted by molar-refractivity contribution is 7.92. The SMILES string of the molecule is COc1ccccc1NS(=O)(=O)c1cccc(C(=O)N(C)Cc2ccc(C)o2)c1. The van der Waals surface area contributed by atoms with E-state index in [9.17, 15) is 13.2 Å². The van der Waals surface area contributed by atoms with Gasteiger partial charge in [-0.15, -0.1) is 0 Å². The number of methoxy groups -OCH3 is 1. The fourth-order valence-corrected chi connectivity index (χ4v) is 3.94. The number of nitrogens with zero attached hydrogens (tertiary/aromatic N) is 1. The van der Waals surface area contributed by atoms with Crippen LogP contribution >= 0.6 is 0 Å². The van der Waals surface area contributed by atoms with Gasteiger partial charge >= 0.3 is 0 Å². The molecule has 2 aromatic carbocycles. The van der Waals surface area contributed by atoms with Crippen molar-refractivity contribution >= 4 is 21.6 Å². The van der Waals surface area contributed by atoms with Crippen LogP contribution in [-0.4, -0.2) is 33.4 Å². The molecule has 0 aliphatic carbocycles. The number of anilines is 1. The summed E-state index contributed by atoms with van der Waals surface area (Å²) in [5.74, 6) is 1.50. The number of aryl methyl sites for hydroxylation is 1. The van der Waals surface area contributed by atoms with E-state index < -0.39 is 10.0 Å². The second-order valence-electron chi connectivity index (χ2n) is 6.51. The van der Waals surface area contributed by atoms with Crippen molar-refractivity contribution in [3.63, 3.8) is 0 Å². The Labute approximate surface area is 170 Å². The number of ether oxygens (including phenoxy) is 1. The van der Waals surface area contributed by atoms with Crippen LogP contribution in [0.1, 0.15) is 21.9 Å². The topological polar surface area (TPSA) is 88.8 Å². The van der Waals surface area contributed by atoms with Crippen LogP contribution in [0.3, 0.4) is 0 Å². The molecule has 29 heavy (non-hydrogen) atoms. The summed E-state index contributed by atoms with van der Waals surface area (Å²) in [6.07, 6.45) is 0. The molecule has 7 nitrogen and oxygen atoms in total. The van der Waals surface area contributed by atoms with Crippen LogP contribution in [0, 0.1) is 6.92 Å². The van der Waals surface area contributed by atoms with E-state index in [1.807, 2.05) is 13.0 Å². The first-order valence-electron chi connectivity index (χ1n) is 8.87. The molecule has 0 radical (unpaired) electrons. The van der Waals surface area contributed by atoms with Crippen LogP contribution in [0.25, 0.3) is 0 Å². The number of hydrogen-bond acceptors (Lipinski definition) is 5. The maximum atomic E-state index is 12.8. The molecule has 152 valence electrons. The first-order valence-corrected chi connectivity index (χ1v) is 10.3. The molecule has 3 rings (SSSR count). The maximum Gasteiger partial charge on any atom is 0.262 e. The van der Waals surface area contributed by atoms with Crippen molar-refractivity contribution in [1.29, 1.82) is 0 Å². The molecule has 0 spiro atoms. The fourth-order valence-electron chi connectivity index (χ4n) is 2.82. The second-order valence-corrected chi connectivity index (χ2v) is 8.19. The Bertz CT molecular complexity index is 1120. The highest BCUT2D eigenvalue weighted by Gasteiger charge is 2.20. The maximum absolute atomic E-state index is 12.8. The molecular weight excluding hydrogens is 392 g/mol. The molecule has 1 heterocycles. The van der Waals surface area contributed by atoms with Crippen molar-refractivity contribution in [1.82, 2.24) is 4.90 Å². The smallest absolute Gasteiger partial charge is 0.262 e. The minimum Gasteiger partial charge on any atom is -0.495 e. The molecule has 0 unspecified atom stereocenters. The second kappa shape index (κ2) is 8.40. The molecule has 3 aromatic rings. The van der Waals surface area contributed by atoms with Gasteiger partial charge in [-0.25, -0.2) is 8.42 Å². The molecule has 1 amide bonds. The molecule has 0 saturated carbocycles. The summed E-state index contributed by atoms with van der Waals surface area (Å²) >= 11 is 0. The summed E-state index contributed by atoms with van der Waals surface area (Å²) < 4.78 is 38.8. The number of hydrogen-bond donors (Lipinski definition) is 1. The van der Waals surface area contributed by atoms with E-state index in [-0.39, 0.29) is 22.9 Å².